The highest BCUT2D eigenvalue weighted by Gasteiger charge is 2.16. The van der Waals surface area contributed by atoms with Crippen LogP contribution >= 0.6 is 15.9 Å². The molecule has 0 aliphatic rings. The molecular formula is C17H16BrNO4. The Morgan fingerprint density at radius 3 is 2.74 bits per heavy atom. The predicted molar refractivity (Wildman–Crippen MR) is 90.8 cm³/mol. The van der Waals surface area contributed by atoms with E-state index in [0.717, 1.165) is 5.56 Å². The first-order valence-corrected chi connectivity index (χ1v) is 7.75. The summed E-state index contributed by atoms with van der Waals surface area (Å²) in [6, 6.07) is 10.8. The normalized spacial score (nSPS) is 12.1. The van der Waals surface area contributed by atoms with E-state index in [2.05, 4.69) is 21.2 Å². The second-order valence-corrected chi connectivity index (χ2v) is 5.69. The van der Waals surface area contributed by atoms with Crippen LogP contribution < -0.4 is 5.32 Å². The van der Waals surface area contributed by atoms with Gasteiger partial charge in [-0.25, -0.2) is 4.79 Å². The van der Waals surface area contributed by atoms with Gasteiger partial charge in [0.05, 0.1) is 0 Å². The number of anilines is 1. The molecule has 0 aliphatic carbocycles. The third-order valence-electron chi connectivity index (χ3n) is 2.93. The maximum Gasteiger partial charge on any atom is 0.331 e. The number of carbonyl (C=O) groups excluding carboxylic acids is 2. The van der Waals surface area contributed by atoms with E-state index < -0.39 is 18.0 Å². The molecule has 1 aromatic carbocycles. The molecule has 1 heterocycles. The lowest BCUT2D eigenvalue weighted by Crippen LogP contribution is -2.29. The van der Waals surface area contributed by atoms with Crippen molar-refractivity contribution < 1.29 is 18.7 Å². The summed E-state index contributed by atoms with van der Waals surface area (Å²) in [4.78, 5) is 23.7. The number of amides is 1. The van der Waals surface area contributed by atoms with Crippen LogP contribution in [0.1, 0.15) is 18.2 Å². The number of hydrogen-bond donors (Lipinski definition) is 1. The van der Waals surface area contributed by atoms with Crippen molar-refractivity contribution in [3.05, 3.63) is 58.5 Å². The topological polar surface area (TPSA) is 68.5 Å². The number of halogens is 1. The van der Waals surface area contributed by atoms with Gasteiger partial charge in [0.1, 0.15) is 5.76 Å². The average Bonchev–Trinajstić information content (AvgIpc) is 2.90. The predicted octanol–water partition coefficient (Wildman–Crippen LogP) is 3.93. The molecule has 6 heteroatoms. The minimum atomic E-state index is -0.906. The molecular weight excluding hydrogens is 362 g/mol. The Balaban J connectivity index is 1.87. The van der Waals surface area contributed by atoms with Crippen molar-refractivity contribution in [2.24, 2.45) is 0 Å². The van der Waals surface area contributed by atoms with E-state index in [4.69, 9.17) is 9.15 Å². The Bertz CT molecular complexity index is 736. The number of aryl methyl sites for hydroxylation is 1. The second-order valence-electron chi connectivity index (χ2n) is 4.91. The van der Waals surface area contributed by atoms with Gasteiger partial charge in [-0.3, -0.25) is 4.79 Å². The smallest absolute Gasteiger partial charge is 0.331 e. The maximum atomic E-state index is 12.0. The van der Waals surface area contributed by atoms with Crippen LogP contribution in [-0.2, 0) is 14.3 Å². The number of hydrogen-bond acceptors (Lipinski definition) is 4. The minimum Gasteiger partial charge on any atom is -0.450 e. The summed E-state index contributed by atoms with van der Waals surface area (Å²) >= 11 is 3.17. The quantitative estimate of drug-likeness (QED) is 0.632. The Labute approximate surface area is 142 Å². The zero-order valence-corrected chi connectivity index (χ0v) is 14.3. The third-order valence-corrected chi connectivity index (χ3v) is 3.35. The van der Waals surface area contributed by atoms with Crippen LogP contribution in [0.5, 0.6) is 0 Å². The number of nitrogens with one attached hydrogen (secondary N) is 1. The van der Waals surface area contributed by atoms with E-state index in [9.17, 15) is 9.59 Å². The summed E-state index contributed by atoms with van der Waals surface area (Å²) < 4.78 is 10.8. The second kappa shape index (κ2) is 7.78. The van der Waals surface area contributed by atoms with Crippen molar-refractivity contribution in [3.8, 4) is 0 Å². The summed E-state index contributed by atoms with van der Waals surface area (Å²) in [5.41, 5.74) is 1.69. The molecule has 1 aromatic heterocycles. The van der Waals surface area contributed by atoms with Crippen LogP contribution in [-0.4, -0.2) is 18.0 Å². The minimum absolute atomic E-state index is 0.391. The fraction of sp³-hybridized carbons (Fsp3) is 0.176. The molecule has 2 aromatic rings. The Morgan fingerprint density at radius 2 is 2.09 bits per heavy atom. The fourth-order valence-electron chi connectivity index (χ4n) is 1.80. The number of furan rings is 1. The van der Waals surface area contributed by atoms with E-state index in [0.29, 0.717) is 16.1 Å². The number of esters is 1. The van der Waals surface area contributed by atoms with E-state index >= 15 is 0 Å². The molecule has 5 nitrogen and oxygen atoms in total. The lowest BCUT2D eigenvalue weighted by molar-refractivity contribution is -0.148. The molecule has 0 aliphatic heterocycles. The molecule has 0 spiro atoms. The number of ether oxygens (including phenoxy) is 1. The SMILES string of the molecule is Cc1cccc(NC(=O)[C@@H](C)OC(=O)/C=C/c2ccc(Br)o2)c1. The van der Waals surface area contributed by atoms with Gasteiger partial charge < -0.3 is 14.5 Å². The van der Waals surface area contributed by atoms with E-state index in [1.807, 2.05) is 25.1 Å². The monoisotopic (exact) mass is 377 g/mol. The molecule has 0 fully saturated rings. The molecule has 0 radical (unpaired) electrons. The van der Waals surface area contributed by atoms with E-state index in [-0.39, 0.29) is 0 Å². The van der Waals surface area contributed by atoms with Crippen LogP contribution in [0.25, 0.3) is 6.08 Å². The molecule has 120 valence electrons. The van der Waals surface area contributed by atoms with E-state index in [1.165, 1.54) is 19.1 Å². The van der Waals surface area contributed by atoms with Crippen molar-refractivity contribution in [1.82, 2.24) is 0 Å². The van der Waals surface area contributed by atoms with Gasteiger partial charge in [0.15, 0.2) is 10.8 Å². The maximum absolute atomic E-state index is 12.0. The zero-order valence-electron chi connectivity index (χ0n) is 12.7. The van der Waals surface area contributed by atoms with Gasteiger partial charge in [0.25, 0.3) is 5.91 Å². The van der Waals surface area contributed by atoms with Gasteiger partial charge in [-0.05, 0) is 65.7 Å². The summed E-state index contributed by atoms with van der Waals surface area (Å²) in [6.45, 7) is 3.44. The molecule has 1 N–H and O–H groups in total. The highest BCUT2D eigenvalue weighted by atomic mass is 79.9. The lowest BCUT2D eigenvalue weighted by atomic mass is 10.2. The first-order chi connectivity index (χ1) is 10.9. The molecule has 0 bridgehead atoms. The number of rotatable bonds is 5. The molecule has 1 atom stereocenters. The Kier molecular flexibility index (Phi) is 5.76. The van der Waals surface area contributed by atoms with Crippen molar-refractivity contribution in [2.75, 3.05) is 5.32 Å². The molecule has 1 amide bonds. The number of benzene rings is 1. The highest BCUT2D eigenvalue weighted by Crippen LogP contribution is 2.15. The van der Waals surface area contributed by atoms with Gasteiger partial charge in [0.2, 0.25) is 0 Å². The van der Waals surface area contributed by atoms with Gasteiger partial charge in [-0.1, -0.05) is 12.1 Å². The molecule has 0 saturated heterocycles. The lowest BCUT2D eigenvalue weighted by Gasteiger charge is -2.12. The van der Waals surface area contributed by atoms with Crippen molar-refractivity contribution >= 4 is 39.6 Å². The van der Waals surface area contributed by atoms with Crippen LogP contribution in [0.3, 0.4) is 0 Å². The largest absolute Gasteiger partial charge is 0.450 e. The summed E-state index contributed by atoms with van der Waals surface area (Å²) in [5, 5.41) is 2.70. The van der Waals surface area contributed by atoms with Gasteiger partial charge in [-0.2, -0.15) is 0 Å². The molecule has 2 rings (SSSR count). The average molecular weight is 378 g/mol. The standard InChI is InChI=1S/C17H16BrNO4/c1-11-4-3-5-13(10-11)19-17(21)12(2)22-16(20)9-7-14-6-8-15(18)23-14/h3-10,12H,1-2H3,(H,19,21)/b9-7+/t12-/m1/s1. The van der Waals surface area contributed by atoms with Crippen LogP contribution in [0.2, 0.25) is 0 Å². The third kappa shape index (κ3) is 5.41. The first kappa shape index (κ1) is 17.0. The highest BCUT2D eigenvalue weighted by molar-refractivity contribution is 9.10. The Morgan fingerprint density at radius 1 is 1.30 bits per heavy atom. The summed E-state index contributed by atoms with van der Waals surface area (Å²) in [5.74, 6) is -0.506. The van der Waals surface area contributed by atoms with Gasteiger partial charge >= 0.3 is 5.97 Å². The van der Waals surface area contributed by atoms with Gasteiger partial charge in [-0.15, -0.1) is 0 Å². The molecule has 0 saturated carbocycles. The van der Waals surface area contributed by atoms with Gasteiger partial charge in [0, 0.05) is 11.8 Å². The summed E-state index contributed by atoms with van der Waals surface area (Å²) in [6.07, 6.45) is 1.77. The van der Waals surface area contributed by atoms with Crippen molar-refractivity contribution in [3.63, 3.8) is 0 Å². The van der Waals surface area contributed by atoms with Crippen LogP contribution in [0, 0.1) is 6.92 Å². The number of carbonyl (C=O) groups is 2. The Hall–Kier alpha value is -2.34. The molecule has 0 unspecified atom stereocenters. The van der Waals surface area contributed by atoms with Crippen LogP contribution in [0.15, 0.2) is 51.6 Å². The fourth-order valence-corrected chi connectivity index (χ4v) is 2.12. The van der Waals surface area contributed by atoms with Crippen molar-refractivity contribution in [2.45, 2.75) is 20.0 Å². The first-order valence-electron chi connectivity index (χ1n) is 6.95. The zero-order chi connectivity index (χ0) is 16.8. The van der Waals surface area contributed by atoms with Crippen LogP contribution in [0.4, 0.5) is 5.69 Å². The van der Waals surface area contributed by atoms with Crippen molar-refractivity contribution in [1.29, 1.82) is 0 Å². The molecule has 23 heavy (non-hydrogen) atoms. The summed E-state index contributed by atoms with van der Waals surface area (Å²) in [7, 11) is 0. The van der Waals surface area contributed by atoms with E-state index in [1.54, 1.807) is 18.2 Å².